The average Bonchev–Trinajstić information content (AvgIpc) is 2.40. The summed E-state index contributed by atoms with van der Waals surface area (Å²) in [7, 11) is 1.60. The monoisotopic (exact) mass is 259 g/mol. The number of hydrogen-bond acceptors (Lipinski definition) is 5. The molecule has 0 unspecified atom stereocenters. The largest absolute Gasteiger partial charge is 0.497 e. The van der Waals surface area contributed by atoms with Crippen molar-refractivity contribution >= 4 is 5.69 Å². The maximum absolute atomic E-state index is 5.88. The van der Waals surface area contributed by atoms with Gasteiger partial charge in [0.15, 0.2) is 5.75 Å². The van der Waals surface area contributed by atoms with Gasteiger partial charge in [0, 0.05) is 17.8 Å². The van der Waals surface area contributed by atoms with Gasteiger partial charge in [-0.05, 0) is 25.5 Å². The van der Waals surface area contributed by atoms with E-state index in [0.29, 0.717) is 28.9 Å². The molecule has 0 amide bonds. The fraction of sp³-hybridized carbons (Fsp3) is 0.286. The van der Waals surface area contributed by atoms with Crippen molar-refractivity contribution in [1.29, 1.82) is 0 Å². The van der Waals surface area contributed by atoms with Gasteiger partial charge in [-0.3, -0.25) is 0 Å². The first kappa shape index (κ1) is 13.1. The number of methoxy groups -OCH3 is 1. The third kappa shape index (κ3) is 3.13. The first-order chi connectivity index (χ1) is 9.12. The molecule has 0 spiro atoms. The summed E-state index contributed by atoms with van der Waals surface area (Å²) in [5.74, 6) is 2.38. The van der Waals surface area contributed by atoms with E-state index >= 15 is 0 Å². The molecule has 0 saturated carbocycles. The van der Waals surface area contributed by atoms with Gasteiger partial charge in [-0.1, -0.05) is 6.92 Å². The Kier molecular flexibility index (Phi) is 3.85. The van der Waals surface area contributed by atoms with E-state index in [0.717, 1.165) is 12.1 Å². The second-order valence-electron chi connectivity index (χ2n) is 4.10. The van der Waals surface area contributed by atoms with Gasteiger partial charge in [-0.15, -0.1) is 0 Å². The van der Waals surface area contributed by atoms with Crippen LogP contribution in [0, 0.1) is 6.92 Å². The summed E-state index contributed by atoms with van der Waals surface area (Å²) in [6.07, 6.45) is 0.827. The normalized spacial score (nSPS) is 10.3. The molecule has 19 heavy (non-hydrogen) atoms. The van der Waals surface area contributed by atoms with Crippen LogP contribution in [0.15, 0.2) is 24.3 Å². The molecule has 5 nitrogen and oxygen atoms in total. The molecule has 0 saturated heterocycles. The lowest BCUT2D eigenvalue weighted by Crippen LogP contribution is -1.99. The number of hydrogen-bond donors (Lipinski definition) is 1. The van der Waals surface area contributed by atoms with Crippen molar-refractivity contribution in [3.8, 4) is 17.4 Å². The number of benzene rings is 1. The number of nitrogen functional groups attached to an aromatic ring is 1. The van der Waals surface area contributed by atoms with Crippen LogP contribution < -0.4 is 15.2 Å². The van der Waals surface area contributed by atoms with E-state index in [1.807, 2.05) is 19.9 Å². The van der Waals surface area contributed by atoms with Crippen LogP contribution in [0.1, 0.15) is 18.4 Å². The molecule has 1 aromatic carbocycles. The Bertz CT molecular complexity index is 585. The summed E-state index contributed by atoms with van der Waals surface area (Å²) in [6, 6.07) is 7.07. The molecule has 0 atom stereocenters. The minimum absolute atomic E-state index is 0.490. The predicted octanol–water partition coefficient (Wildman–Crippen LogP) is 2.73. The second kappa shape index (κ2) is 5.56. The van der Waals surface area contributed by atoms with Crippen molar-refractivity contribution in [1.82, 2.24) is 9.97 Å². The fourth-order valence-electron chi connectivity index (χ4n) is 1.68. The summed E-state index contributed by atoms with van der Waals surface area (Å²) in [4.78, 5) is 8.55. The Hall–Kier alpha value is -2.30. The third-order valence-electron chi connectivity index (χ3n) is 2.66. The topological polar surface area (TPSA) is 70.3 Å². The number of anilines is 1. The molecule has 1 aromatic heterocycles. The smallest absolute Gasteiger partial charge is 0.222 e. The Morgan fingerprint density at radius 1 is 1.21 bits per heavy atom. The number of ether oxygens (including phenoxy) is 2. The van der Waals surface area contributed by atoms with Crippen molar-refractivity contribution in [3.63, 3.8) is 0 Å². The number of nitrogens with zero attached hydrogens (tertiary/aromatic N) is 2. The molecule has 0 fully saturated rings. The fourth-order valence-corrected chi connectivity index (χ4v) is 1.68. The maximum atomic E-state index is 5.88. The number of aryl methyl sites for hydroxylation is 2. The first-order valence-corrected chi connectivity index (χ1v) is 6.08. The Labute approximate surface area is 112 Å². The van der Waals surface area contributed by atoms with Crippen LogP contribution in [0.25, 0.3) is 0 Å². The Morgan fingerprint density at radius 3 is 2.68 bits per heavy atom. The molecular weight excluding hydrogens is 242 g/mol. The van der Waals surface area contributed by atoms with Gasteiger partial charge in [0.1, 0.15) is 11.6 Å². The van der Waals surface area contributed by atoms with Gasteiger partial charge in [0.2, 0.25) is 5.88 Å². The highest BCUT2D eigenvalue weighted by Crippen LogP contribution is 2.30. The summed E-state index contributed by atoms with van der Waals surface area (Å²) in [5.41, 5.74) is 7.35. The van der Waals surface area contributed by atoms with Gasteiger partial charge in [0.05, 0.1) is 12.8 Å². The molecule has 0 aliphatic heterocycles. The van der Waals surface area contributed by atoms with Crippen LogP contribution in [-0.4, -0.2) is 17.1 Å². The molecule has 2 N–H and O–H groups in total. The van der Waals surface area contributed by atoms with Crippen LogP contribution in [0.3, 0.4) is 0 Å². The van der Waals surface area contributed by atoms with Crippen molar-refractivity contribution in [2.75, 3.05) is 12.8 Å². The van der Waals surface area contributed by atoms with Crippen LogP contribution in [0.2, 0.25) is 0 Å². The van der Waals surface area contributed by atoms with Crippen molar-refractivity contribution in [2.24, 2.45) is 0 Å². The molecule has 2 aromatic rings. The molecule has 2 rings (SSSR count). The molecule has 5 heteroatoms. The van der Waals surface area contributed by atoms with Crippen LogP contribution in [0.5, 0.6) is 17.4 Å². The zero-order valence-corrected chi connectivity index (χ0v) is 11.3. The van der Waals surface area contributed by atoms with Crippen molar-refractivity contribution in [3.05, 3.63) is 35.8 Å². The lowest BCUT2D eigenvalue weighted by atomic mass is 10.3. The van der Waals surface area contributed by atoms with E-state index in [2.05, 4.69) is 9.97 Å². The van der Waals surface area contributed by atoms with Crippen LogP contribution >= 0.6 is 0 Å². The zero-order valence-electron chi connectivity index (χ0n) is 11.3. The van der Waals surface area contributed by atoms with Gasteiger partial charge >= 0.3 is 0 Å². The predicted molar refractivity (Wildman–Crippen MR) is 73.6 cm³/mol. The SMILES string of the molecule is CCc1cc(Oc2cc(OC)ccc2N)nc(C)n1. The number of nitrogens with two attached hydrogens (primary N) is 1. The summed E-state index contributed by atoms with van der Waals surface area (Å²) in [5, 5.41) is 0. The van der Waals surface area contributed by atoms with E-state index in [1.165, 1.54) is 0 Å². The van der Waals surface area contributed by atoms with Crippen molar-refractivity contribution < 1.29 is 9.47 Å². The van der Waals surface area contributed by atoms with Gasteiger partial charge < -0.3 is 15.2 Å². The first-order valence-electron chi connectivity index (χ1n) is 6.08. The third-order valence-corrected chi connectivity index (χ3v) is 2.66. The van der Waals surface area contributed by atoms with Gasteiger partial charge in [-0.2, -0.15) is 4.98 Å². The van der Waals surface area contributed by atoms with E-state index in [4.69, 9.17) is 15.2 Å². The molecule has 0 bridgehead atoms. The number of rotatable bonds is 4. The molecule has 0 aliphatic rings. The summed E-state index contributed by atoms with van der Waals surface area (Å²) < 4.78 is 10.9. The maximum Gasteiger partial charge on any atom is 0.222 e. The van der Waals surface area contributed by atoms with E-state index < -0.39 is 0 Å². The Morgan fingerprint density at radius 2 is 2.00 bits per heavy atom. The highest BCUT2D eigenvalue weighted by molar-refractivity contribution is 5.56. The van der Waals surface area contributed by atoms with Crippen LogP contribution in [-0.2, 0) is 6.42 Å². The molecule has 0 radical (unpaired) electrons. The molecule has 1 heterocycles. The van der Waals surface area contributed by atoms with E-state index in [-0.39, 0.29) is 0 Å². The summed E-state index contributed by atoms with van der Waals surface area (Å²) in [6.45, 7) is 3.87. The summed E-state index contributed by atoms with van der Waals surface area (Å²) >= 11 is 0. The van der Waals surface area contributed by atoms with E-state index in [1.54, 1.807) is 25.3 Å². The second-order valence-corrected chi connectivity index (χ2v) is 4.10. The van der Waals surface area contributed by atoms with Gasteiger partial charge in [0.25, 0.3) is 0 Å². The highest BCUT2D eigenvalue weighted by atomic mass is 16.5. The average molecular weight is 259 g/mol. The minimum Gasteiger partial charge on any atom is -0.497 e. The minimum atomic E-state index is 0.490. The highest BCUT2D eigenvalue weighted by Gasteiger charge is 2.07. The van der Waals surface area contributed by atoms with E-state index in [9.17, 15) is 0 Å². The van der Waals surface area contributed by atoms with Gasteiger partial charge in [-0.25, -0.2) is 4.98 Å². The van der Waals surface area contributed by atoms with Crippen molar-refractivity contribution in [2.45, 2.75) is 20.3 Å². The Balaban J connectivity index is 2.32. The lowest BCUT2D eigenvalue weighted by Gasteiger charge is -2.10. The molecular formula is C14H17N3O2. The lowest BCUT2D eigenvalue weighted by molar-refractivity contribution is 0.407. The van der Waals surface area contributed by atoms with Crippen LogP contribution in [0.4, 0.5) is 5.69 Å². The molecule has 100 valence electrons. The zero-order chi connectivity index (χ0) is 13.8. The standard InChI is InChI=1S/C14H17N3O2/c1-4-10-7-14(17-9(2)16-10)19-13-8-11(18-3)5-6-12(13)15/h5-8H,4,15H2,1-3H3. The quantitative estimate of drug-likeness (QED) is 0.855. The molecule has 0 aliphatic carbocycles. The number of aromatic nitrogens is 2.